The Bertz CT molecular complexity index is 151. The molecule has 0 aromatic heterocycles. The summed E-state index contributed by atoms with van der Waals surface area (Å²) in [5.74, 6) is 1.05. The molecule has 0 rings (SSSR count). The number of unbranched alkanes of at least 4 members (excludes halogenated alkanes) is 5. The molecule has 0 spiro atoms. The minimum absolute atomic E-state index is 0.472. The number of carbonyl (C=O) groups excluding carboxylic acids is 1. The van der Waals surface area contributed by atoms with Gasteiger partial charge in [0.1, 0.15) is 5.78 Å². The van der Waals surface area contributed by atoms with Crippen LogP contribution in [0.15, 0.2) is 0 Å². The molecule has 0 bridgehead atoms. The molecule has 0 saturated carbocycles. The van der Waals surface area contributed by atoms with Crippen molar-refractivity contribution in [1.82, 2.24) is 0 Å². The largest absolute Gasteiger partial charge is 0.300 e. The van der Waals surface area contributed by atoms with Crippen LogP contribution in [0, 0.1) is 5.92 Å². The summed E-state index contributed by atoms with van der Waals surface area (Å²) in [5, 5.41) is 0. The first kappa shape index (κ1) is 14.7. The highest BCUT2D eigenvalue weighted by molar-refractivity contribution is 5.78. The molecule has 0 fully saturated rings. The Morgan fingerprint density at radius 1 is 1.00 bits per heavy atom. The van der Waals surface area contributed by atoms with Crippen LogP contribution in [0.1, 0.15) is 78.6 Å². The lowest BCUT2D eigenvalue weighted by molar-refractivity contribution is -0.120. The second kappa shape index (κ2) is 10.2. The zero-order valence-corrected chi connectivity index (χ0v) is 10.8. The van der Waals surface area contributed by atoms with E-state index in [-0.39, 0.29) is 0 Å². The Hall–Kier alpha value is -0.330. The third-order valence-corrected chi connectivity index (χ3v) is 3.08. The number of hydrogen-bond donors (Lipinski definition) is 0. The normalized spacial score (nSPS) is 12.7. The highest BCUT2D eigenvalue weighted by Crippen LogP contribution is 2.12. The average molecular weight is 212 g/mol. The summed E-state index contributed by atoms with van der Waals surface area (Å²) in [5.41, 5.74) is 0. The van der Waals surface area contributed by atoms with Crippen molar-refractivity contribution in [2.24, 2.45) is 5.92 Å². The van der Waals surface area contributed by atoms with Crippen molar-refractivity contribution in [3.05, 3.63) is 0 Å². The molecule has 0 aliphatic heterocycles. The first-order chi connectivity index (χ1) is 7.20. The summed E-state index contributed by atoms with van der Waals surface area (Å²) in [6.07, 6.45) is 10.4. The molecule has 15 heavy (non-hydrogen) atoms. The fraction of sp³-hybridized carbons (Fsp3) is 0.929. The molecule has 0 N–H and O–H groups in total. The molecule has 1 nitrogen and oxygen atoms in total. The molecule has 0 saturated heterocycles. The van der Waals surface area contributed by atoms with E-state index in [1.54, 1.807) is 0 Å². The average Bonchev–Trinajstić information content (AvgIpc) is 2.23. The number of carbonyl (C=O) groups is 1. The number of Topliss-reactive ketones (excluding diaryl/α,β-unsaturated/α-hetero) is 1. The molecule has 0 aromatic rings. The highest BCUT2D eigenvalue weighted by Gasteiger charge is 2.06. The standard InChI is InChI=1S/C14H28O/c1-4-6-7-8-9-10-11-14(15)12-13(3)5-2/h13H,4-12H2,1-3H3. The van der Waals surface area contributed by atoms with Crippen LogP contribution in [0.25, 0.3) is 0 Å². The lowest BCUT2D eigenvalue weighted by atomic mass is 9.98. The summed E-state index contributed by atoms with van der Waals surface area (Å²) < 4.78 is 0. The Morgan fingerprint density at radius 2 is 1.60 bits per heavy atom. The Labute approximate surface area is 95.6 Å². The van der Waals surface area contributed by atoms with Gasteiger partial charge in [0.15, 0.2) is 0 Å². The zero-order chi connectivity index (χ0) is 11.5. The quantitative estimate of drug-likeness (QED) is 0.478. The molecule has 90 valence electrons. The first-order valence-corrected chi connectivity index (χ1v) is 6.72. The van der Waals surface area contributed by atoms with Crippen LogP contribution in [0.2, 0.25) is 0 Å². The van der Waals surface area contributed by atoms with Gasteiger partial charge in [0.2, 0.25) is 0 Å². The van der Waals surface area contributed by atoms with E-state index >= 15 is 0 Å². The van der Waals surface area contributed by atoms with Crippen molar-refractivity contribution in [2.45, 2.75) is 78.6 Å². The van der Waals surface area contributed by atoms with Crippen LogP contribution in [0.3, 0.4) is 0 Å². The molecule has 0 radical (unpaired) electrons. The first-order valence-electron chi connectivity index (χ1n) is 6.72. The van der Waals surface area contributed by atoms with E-state index in [9.17, 15) is 4.79 Å². The number of rotatable bonds is 10. The predicted molar refractivity (Wildman–Crippen MR) is 67.1 cm³/mol. The van der Waals surface area contributed by atoms with Crippen LogP contribution in [0.4, 0.5) is 0 Å². The van der Waals surface area contributed by atoms with E-state index in [4.69, 9.17) is 0 Å². The maximum absolute atomic E-state index is 11.5. The van der Waals surface area contributed by atoms with Crippen molar-refractivity contribution in [3.63, 3.8) is 0 Å². The van der Waals surface area contributed by atoms with E-state index in [0.717, 1.165) is 25.7 Å². The van der Waals surface area contributed by atoms with E-state index in [0.29, 0.717) is 11.7 Å². The summed E-state index contributed by atoms with van der Waals surface area (Å²) in [6.45, 7) is 6.55. The minimum atomic E-state index is 0.472. The summed E-state index contributed by atoms with van der Waals surface area (Å²) >= 11 is 0. The molecule has 1 unspecified atom stereocenters. The lowest BCUT2D eigenvalue weighted by Gasteiger charge is -2.06. The van der Waals surface area contributed by atoms with E-state index in [2.05, 4.69) is 20.8 Å². The smallest absolute Gasteiger partial charge is 0.133 e. The van der Waals surface area contributed by atoms with Gasteiger partial charge in [0, 0.05) is 12.8 Å². The molecular formula is C14H28O. The van der Waals surface area contributed by atoms with Crippen LogP contribution < -0.4 is 0 Å². The van der Waals surface area contributed by atoms with Gasteiger partial charge >= 0.3 is 0 Å². The highest BCUT2D eigenvalue weighted by atomic mass is 16.1. The molecule has 0 aromatic carbocycles. The number of ketones is 1. The number of hydrogen-bond acceptors (Lipinski definition) is 1. The molecule has 0 aliphatic carbocycles. The van der Waals surface area contributed by atoms with Gasteiger partial charge in [0.25, 0.3) is 0 Å². The monoisotopic (exact) mass is 212 g/mol. The van der Waals surface area contributed by atoms with E-state index in [1.165, 1.54) is 32.1 Å². The fourth-order valence-electron chi connectivity index (χ4n) is 1.74. The second-order valence-corrected chi connectivity index (χ2v) is 4.77. The van der Waals surface area contributed by atoms with Gasteiger partial charge in [-0.05, 0) is 12.3 Å². The summed E-state index contributed by atoms with van der Waals surface area (Å²) in [4.78, 5) is 11.5. The summed E-state index contributed by atoms with van der Waals surface area (Å²) in [6, 6.07) is 0. The maximum atomic E-state index is 11.5. The lowest BCUT2D eigenvalue weighted by Crippen LogP contribution is -2.04. The SMILES string of the molecule is CCCCCCCCC(=O)CC(C)CC. The van der Waals surface area contributed by atoms with Gasteiger partial charge in [-0.25, -0.2) is 0 Å². The molecule has 0 heterocycles. The molecule has 1 atom stereocenters. The van der Waals surface area contributed by atoms with Crippen LogP contribution in [0.5, 0.6) is 0 Å². The van der Waals surface area contributed by atoms with Gasteiger partial charge in [-0.15, -0.1) is 0 Å². The van der Waals surface area contributed by atoms with E-state index < -0.39 is 0 Å². The zero-order valence-electron chi connectivity index (χ0n) is 10.8. The van der Waals surface area contributed by atoms with Crippen LogP contribution >= 0.6 is 0 Å². The summed E-state index contributed by atoms with van der Waals surface area (Å²) in [7, 11) is 0. The third kappa shape index (κ3) is 9.96. The van der Waals surface area contributed by atoms with Crippen molar-refractivity contribution < 1.29 is 4.79 Å². The third-order valence-electron chi connectivity index (χ3n) is 3.08. The van der Waals surface area contributed by atoms with Crippen molar-refractivity contribution in [1.29, 1.82) is 0 Å². The van der Waals surface area contributed by atoms with Gasteiger partial charge in [-0.3, -0.25) is 4.79 Å². The van der Waals surface area contributed by atoms with Crippen molar-refractivity contribution >= 4 is 5.78 Å². The van der Waals surface area contributed by atoms with Crippen LogP contribution in [-0.4, -0.2) is 5.78 Å². The van der Waals surface area contributed by atoms with Crippen molar-refractivity contribution in [2.75, 3.05) is 0 Å². The Kier molecular flexibility index (Phi) is 9.97. The van der Waals surface area contributed by atoms with Gasteiger partial charge < -0.3 is 0 Å². The maximum Gasteiger partial charge on any atom is 0.133 e. The van der Waals surface area contributed by atoms with Gasteiger partial charge in [-0.2, -0.15) is 0 Å². The van der Waals surface area contributed by atoms with E-state index in [1.807, 2.05) is 0 Å². The van der Waals surface area contributed by atoms with Crippen molar-refractivity contribution in [3.8, 4) is 0 Å². The van der Waals surface area contributed by atoms with Gasteiger partial charge in [-0.1, -0.05) is 59.3 Å². The molecule has 0 amide bonds. The fourth-order valence-corrected chi connectivity index (χ4v) is 1.74. The minimum Gasteiger partial charge on any atom is -0.300 e. The van der Waals surface area contributed by atoms with Crippen LogP contribution in [-0.2, 0) is 4.79 Å². The second-order valence-electron chi connectivity index (χ2n) is 4.77. The molecular weight excluding hydrogens is 184 g/mol. The topological polar surface area (TPSA) is 17.1 Å². The Morgan fingerprint density at radius 3 is 2.20 bits per heavy atom. The molecule has 1 heteroatoms. The predicted octanol–water partition coefficient (Wildman–Crippen LogP) is 4.74. The Balaban J connectivity index is 3.24. The van der Waals surface area contributed by atoms with Gasteiger partial charge in [0.05, 0.1) is 0 Å². The molecule has 0 aliphatic rings.